The average molecular weight is 416 g/mol. The number of halogens is 2. The van der Waals surface area contributed by atoms with E-state index in [1.165, 1.54) is 0 Å². The van der Waals surface area contributed by atoms with Gasteiger partial charge in [-0.15, -0.1) is 0 Å². The van der Waals surface area contributed by atoms with Gasteiger partial charge in [0.15, 0.2) is 0 Å². The molecule has 0 bridgehead atoms. The molecular formula is C21H19Cl2N3O2. The summed E-state index contributed by atoms with van der Waals surface area (Å²) in [5, 5.41) is 8.48. The van der Waals surface area contributed by atoms with Crippen molar-refractivity contribution in [3.8, 4) is 0 Å². The van der Waals surface area contributed by atoms with Crippen LogP contribution < -0.4 is 16.2 Å². The van der Waals surface area contributed by atoms with Crippen LogP contribution in [0.15, 0.2) is 53.5 Å². The summed E-state index contributed by atoms with van der Waals surface area (Å²) in [7, 11) is 0. The summed E-state index contributed by atoms with van der Waals surface area (Å²) in [5.74, 6) is -0.109. The molecule has 0 spiro atoms. The third kappa shape index (κ3) is 3.41. The minimum atomic E-state index is -0.664. The number of benzene rings is 2. The molecule has 1 aliphatic heterocycles. The van der Waals surface area contributed by atoms with Crippen LogP contribution in [0.1, 0.15) is 18.4 Å². The maximum absolute atomic E-state index is 13.4. The molecule has 2 heterocycles. The highest BCUT2D eigenvalue weighted by molar-refractivity contribution is 6.34. The first-order valence-corrected chi connectivity index (χ1v) is 9.84. The van der Waals surface area contributed by atoms with Crippen LogP contribution in [0, 0.1) is 0 Å². The van der Waals surface area contributed by atoms with Crippen molar-refractivity contribution < 1.29 is 4.79 Å². The molecule has 1 aromatic heterocycles. The van der Waals surface area contributed by atoms with Crippen LogP contribution in [0.2, 0.25) is 10.0 Å². The molecule has 0 atom stereocenters. The Bertz CT molecular complexity index is 1090. The minimum Gasteiger partial charge on any atom is -0.329 e. The SMILES string of the molecule is O=C(Nc1cc2cc[nH]c(=O)c2cc1Cl)C1(c2ccc(Cl)cc2)CCNCC1. The first-order valence-electron chi connectivity index (χ1n) is 9.09. The number of carbonyl (C=O) groups is 1. The van der Waals surface area contributed by atoms with E-state index in [-0.39, 0.29) is 11.5 Å². The number of pyridine rings is 1. The number of rotatable bonds is 3. The second kappa shape index (κ2) is 7.59. The topological polar surface area (TPSA) is 74.0 Å². The van der Waals surface area contributed by atoms with Gasteiger partial charge in [-0.25, -0.2) is 0 Å². The Labute approximate surface area is 172 Å². The highest BCUT2D eigenvalue weighted by Crippen LogP contribution is 2.37. The molecule has 1 fully saturated rings. The van der Waals surface area contributed by atoms with Crippen LogP contribution >= 0.6 is 23.2 Å². The van der Waals surface area contributed by atoms with Gasteiger partial charge in [0.1, 0.15) is 0 Å². The van der Waals surface area contributed by atoms with Crippen molar-refractivity contribution in [3.63, 3.8) is 0 Å². The molecule has 3 aromatic rings. The molecule has 0 radical (unpaired) electrons. The lowest BCUT2D eigenvalue weighted by Gasteiger charge is -2.37. The Morgan fingerprint density at radius 3 is 2.46 bits per heavy atom. The molecule has 5 nitrogen and oxygen atoms in total. The van der Waals surface area contributed by atoms with Crippen molar-refractivity contribution in [2.45, 2.75) is 18.3 Å². The first kappa shape index (κ1) is 19.0. The Morgan fingerprint density at radius 1 is 1.04 bits per heavy atom. The summed E-state index contributed by atoms with van der Waals surface area (Å²) in [6.45, 7) is 1.49. The quantitative estimate of drug-likeness (QED) is 0.602. The lowest BCUT2D eigenvalue weighted by molar-refractivity contribution is -0.122. The van der Waals surface area contributed by atoms with E-state index < -0.39 is 5.41 Å². The van der Waals surface area contributed by atoms with E-state index in [1.807, 2.05) is 24.3 Å². The highest BCUT2D eigenvalue weighted by atomic mass is 35.5. The van der Waals surface area contributed by atoms with Crippen LogP contribution in [-0.4, -0.2) is 24.0 Å². The van der Waals surface area contributed by atoms with Crippen molar-refractivity contribution in [1.82, 2.24) is 10.3 Å². The third-order valence-electron chi connectivity index (χ3n) is 5.40. The number of hydrogen-bond donors (Lipinski definition) is 3. The molecule has 4 rings (SSSR count). The van der Waals surface area contributed by atoms with Crippen LogP contribution in [0.3, 0.4) is 0 Å². The number of hydrogen-bond acceptors (Lipinski definition) is 3. The van der Waals surface area contributed by atoms with E-state index in [9.17, 15) is 9.59 Å². The maximum Gasteiger partial charge on any atom is 0.255 e. The van der Waals surface area contributed by atoms with E-state index in [0.717, 1.165) is 18.7 Å². The molecule has 28 heavy (non-hydrogen) atoms. The molecule has 7 heteroatoms. The van der Waals surface area contributed by atoms with Gasteiger partial charge in [-0.05, 0) is 67.2 Å². The van der Waals surface area contributed by atoms with Crippen molar-refractivity contribution in [3.05, 3.63) is 74.6 Å². The third-order valence-corrected chi connectivity index (χ3v) is 5.96. The molecule has 1 saturated heterocycles. The average Bonchev–Trinajstić information content (AvgIpc) is 2.70. The van der Waals surface area contributed by atoms with Crippen LogP contribution in [0.25, 0.3) is 10.8 Å². The monoisotopic (exact) mass is 415 g/mol. The van der Waals surface area contributed by atoms with E-state index in [1.54, 1.807) is 24.4 Å². The van der Waals surface area contributed by atoms with Gasteiger partial charge in [0, 0.05) is 16.6 Å². The molecule has 144 valence electrons. The normalized spacial score (nSPS) is 16.1. The second-order valence-corrected chi connectivity index (χ2v) is 7.86. The predicted molar refractivity (Wildman–Crippen MR) is 113 cm³/mol. The summed E-state index contributed by atoms with van der Waals surface area (Å²) in [6, 6.07) is 12.5. The first-order chi connectivity index (χ1) is 13.5. The van der Waals surface area contributed by atoms with Gasteiger partial charge in [-0.2, -0.15) is 0 Å². The fourth-order valence-corrected chi connectivity index (χ4v) is 4.15. The lowest BCUT2D eigenvalue weighted by Crippen LogP contribution is -2.48. The number of piperidine rings is 1. The molecular weight excluding hydrogens is 397 g/mol. The summed E-state index contributed by atoms with van der Waals surface area (Å²) < 4.78 is 0. The zero-order valence-electron chi connectivity index (χ0n) is 15.0. The number of fused-ring (bicyclic) bond motifs is 1. The standard InChI is InChI=1S/C21H19Cl2N3O2/c22-15-3-1-14(2-4-15)21(6-9-24-10-7-21)20(28)26-18-11-13-5-8-25-19(27)16(13)12-17(18)23/h1-5,8,11-12,24H,6-7,9-10H2,(H,25,27)(H,26,28). The number of nitrogens with one attached hydrogen (secondary N) is 3. The minimum absolute atomic E-state index is 0.109. The Balaban J connectivity index is 1.72. The maximum atomic E-state index is 13.4. The molecule has 1 amide bonds. The summed E-state index contributed by atoms with van der Waals surface area (Å²) in [6.07, 6.45) is 2.92. The van der Waals surface area contributed by atoms with E-state index in [4.69, 9.17) is 23.2 Å². The van der Waals surface area contributed by atoms with Crippen molar-refractivity contribution >= 4 is 45.6 Å². The summed E-state index contributed by atoms with van der Waals surface area (Å²) in [4.78, 5) is 28.0. The van der Waals surface area contributed by atoms with Gasteiger partial charge in [-0.3, -0.25) is 9.59 Å². The zero-order chi connectivity index (χ0) is 19.7. The van der Waals surface area contributed by atoms with Crippen LogP contribution in [-0.2, 0) is 10.2 Å². The van der Waals surface area contributed by atoms with Crippen LogP contribution in [0.4, 0.5) is 5.69 Å². The van der Waals surface area contributed by atoms with E-state index in [2.05, 4.69) is 15.6 Å². The lowest BCUT2D eigenvalue weighted by atomic mass is 9.72. The van der Waals surface area contributed by atoms with Crippen LogP contribution in [0.5, 0.6) is 0 Å². The summed E-state index contributed by atoms with van der Waals surface area (Å²) >= 11 is 12.4. The number of amides is 1. The van der Waals surface area contributed by atoms with Gasteiger partial charge in [0.25, 0.3) is 5.56 Å². The molecule has 0 unspecified atom stereocenters. The number of anilines is 1. The van der Waals surface area contributed by atoms with Gasteiger partial charge >= 0.3 is 0 Å². The van der Waals surface area contributed by atoms with Crippen molar-refractivity contribution in [2.24, 2.45) is 0 Å². The second-order valence-electron chi connectivity index (χ2n) is 7.02. The van der Waals surface area contributed by atoms with Crippen molar-refractivity contribution in [1.29, 1.82) is 0 Å². The smallest absolute Gasteiger partial charge is 0.255 e. The van der Waals surface area contributed by atoms with Gasteiger partial charge in [-0.1, -0.05) is 35.3 Å². The largest absolute Gasteiger partial charge is 0.329 e. The van der Waals surface area contributed by atoms with E-state index in [0.29, 0.717) is 39.3 Å². The number of carbonyl (C=O) groups excluding carboxylic acids is 1. The number of H-pyrrole nitrogens is 1. The number of aromatic amines is 1. The fourth-order valence-electron chi connectivity index (χ4n) is 3.82. The predicted octanol–water partition coefficient (Wildman–Crippen LogP) is 4.09. The highest BCUT2D eigenvalue weighted by Gasteiger charge is 2.41. The van der Waals surface area contributed by atoms with Gasteiger partial charge < -0.3 is 15.6 Å². The zero-order valence-corrected chi connectivity index (χ0v) is 16.5. The van der Waals surface area contributed by atoms with Gasteiger partial charge in [0.2, 0.25) is 5.91 Å². The van der Waals surface area contributed by atoms with E-state index >= 15 is 0 Å². The van der Waals surface area contributed by atoms with Gasteiger partial charge in [0.05, 0.1) is 16.1 Å². The molecule has 0 aliphatic carbocycles. The molecule has 2 aromatic carbocycles. The molecule has 3 N–H and O–H groups in total. The Morgan fingerprint density at radius 2 is 1.75 bits per heavy atom. The Kier molecular flexibility index (Phi) is 5.15. The fraction of sp³-hybridized carbons (Fsp3) is 0.238. The van der Waals surface area contributed by atoms with Crippen molar-refractivity contribution in [2.75, 3.05) is 18.4 Å². The Hall–Kier alpha value is -2.34. The number of aromatic nitrogens is 1. The molecule has 1 aliphatic rings. The summed E-state index contributed by atoms with van der Waals surface area (Å²) in [5.41, 5.74) is 0.552. The molecule has 0 saturated carbocycles.